The fraction of sp³-hybridized carbons (Fsp3) is 0.242. The van der Waals surface area contributed by atoms with Gasteiger partial charge < -0.3 is 14.0 Å². The average molecular weight is 641 g/mol. The predicted molar refractivity (Wildman–Crippen MR) is 168 cm³/mol. The van der Waals surface area contributed by atoms with E-state index >= 15 is 0 Å². The van der Waals surface area contributed by atoms with Crippen molar-refractivity contribution >= 4 is 32.7 Å². The molecule has 5 aromatic rings. The van der Waals surface area contributed by atoms with Crippen LogP contribution in [0.4, 0.5) is 10.1 Å². The number of methoxy groups -OCH3 is 1. The van der Waals surface area contributed by atoms with Crippen molar-refractivity contribution in [2.75, 3.05) is 13.7 Å². The summed E-state index contributed by atoms with van der Waals surface area (Å²) in [5, 5.41) is -0.502. The maximum Gasteiger partial charge on any atom is 0.264 e. The molecule has 1 saturated carbocycles. The molecule has 0 atom stereocenters. The van der Waals surface area contributed by atoms with Gasteiger partial charge in [-0.25, -0.2) is 32.3 Å². The summed E-state index contributed by atoms with van der Waals surface area (Å²) in [6.07, 6.45) is 3.22. The van der Waals surface area contributed by atoms with Crippen LogP contribution >= 0.6 is 0 Å². The molecule has 11 nitrogen and oxygen atoms in total. The standard InChI is InChI=1S/C33H29FN6O5S/c1-35-24-9-7-23(27(34)17-24)20-45-32-5-3-4-28(38-32)22-6-10-25(36-19-22)18-31-37-29-13-8-21(16-30(29)40(31)14-15-44-2)33(41)39-46(42,43)26-11-12-26/h3-10,13,16-17,19,26H,11-12,14-15,18,20H2,2H3,(H,39,41). The van der Waals surface area contributed by atoms with E-state index in [9.17, 15) is 17.6 Å². The minimum atomic E-state index is -3.68. The quantitative estimate of drug-likeness (QED) is 0.184. The summed E-state index contributed by atoms with van der Waals surface area (Å²) < 4.78 is 54.0. The molecule has 1 aliphatic rings. The third-order valence-corrected chi connectivity index (χ3v) is 9.35. The van der Waals surface area contributed by atoms with Gasteiger partial charge in [0.05, 0.1) is 35.2 Å². The van der Waals surface area contributed by atoms with E-state index in [-0.39, 0.29) is 17.9 Å². The zero-order chi connectivity index (χ0) is 32.3. The lowest BCUT2D eigenvalue weighted by Gasteiger charge is -2.10. The number of hydrogen-bond acceptors (Lipinski definition) is 8. The van der Waals surface area contributed by atoms with Crippen molar-refractivity contribution in [3.63, 3.8) is 0 Å². The maximum atomic E-state index is 14.3. The number of sulfonamides is 1. The van der Waals surface area contributed by atoms with Gasteiger partial charge in [0.1, 0.15) is 18.2 Å². The number of halogens is 1. The minimum Gasteiger partial charge on any atom is -0.473 e. The number of hydrogen-bond donors (Lipinski definition) is 1. The van der Waals surface area contributed by atoms with E-state index in [1.165, 1.54) is 12.1 Å². The first-order chi connectivity index (χ1) is 22.2. The summed E-state index contributed by atoms with van der Waals surface area (Å²) in [5.74, 6) is -0.149. The molecular formula is C33H29FN6O5S. The molecule has 1 N–H and O–H groups in total. The van der Waals surface area contributed by atoms with Crippen LogP contribution in [0.1, 0.15) is 40.3 Å². The van der Waals surface area contributed by atoms with Crippen LogP contribution in [0.3, 0.4) is 0 Å². The Bertz CT molecular complexity index is 2070. The highest BCUT2D eigenvalue weighted by molar-refractivity contribution is 7.91. The zero-order valence-corrected chi connectivity index (χ0v) is 25.6. The van der Waals surface area contributed by atoms with Gasteiger partial charge in [0.25, 0.3) is 5.91 Å². The molecule has 1 amide bonds. The molecule has 1 aliphatic carbocycles. The van der Waals surface area contributed by atoms with E-state index in [0.717, 1.165) is 11.3 Å². The highest BCUT2D eigenvalue weighted by atomic mass is 32.2. The van der Waals surface area contributed by atoms with Crippen LogP contribution in [0, 0.1) is 12.4 Å². The van der Waals surface area contributed by atoms with Gasteiger partial charge in [-0.15, -0.1) is 0 Å². The maximum absolute atomic E-state index is 14.3. The van der Waals surface area contributed by atoms with Gasteiger partial charge in [-0.05, 0) is 55.3 Å². The van der Waals surface area contributed by atoms with Crippen LogP contribution in [-0.4, -0.2) is 52.8 Å². The van der Waals surface area contributed by atoms with Crippen molar-refractivity contribution < 1.29 is 27.1 Å². The number of nitrogens with one attached hydrogen (secondary N) is 1. The van der Waals surface area contributed by atoms with Gasteiger partial charge in [0, 0.05) is 54.7 Å². The number of aromatic nitrogens is 4. The fourth-order valence-electron chi connectivity index (χ4n) is 4.90. The predicted octanol–water partition coefficient (Wildman–Crippen LogP) is 5.22. The molecule has 0 spiro atoms. The number of fused-ring (bicyclic) bond motifs is 1. The highest BCUT2D eigenvalue weighted by Gasteiger charge is 2.37. The summed E-state index contributed by atoms with van der Waals surface area (Å²) in [7, 11) is -2.08. The Morgan fingerprint density at radius 3 is 2.67 bits per heavy atom. The number of carbonyl (C=O) groups excluding carboxylic acids is 1. The molecule has 0 bridgehead atoms. The number of carbonyl (C=O) groups is 1. The number of pyridine rings is 2. The Labute approximate surface area is 264 Å². The third kappa shape index (κ3) is 6.88. The monoisotopic (exact) mass is 640 g/mol. The Hall–Kier alpha value is -5.19. The molecule has 46 heavy (non-hydrogen) atoms. The molecule has 1 fully saturated rings. The summed E-state index contributed by atoms with van der Waals surface area (Å²) in [4.78, 5) is 29.9. The van der Waals surface area contributed by atoms with Gasteiger partial charge in [-0.3, -0.25) is 9.78 Å². The molecule has 3 heterocycles. The molecule has 0 saturated heterocycles. The second-order valence-corrected chi connectivity index (χ2v) is 12.8. The molecular weight excluding hydrogens is 611 g/mol. The Balaban J connectivity index is 1.18. The van der Waals surface area contributed by atoms with Crippen LogP contribution in [0.15, 0.2) is 72.9 Å². The molecule has 2 aromatic carbocycles. The van der Waals surface area contributed by atoms with E-state index in [0.29, 0.717) is 66.4 Å². The number of amides is 1. The van der Waals surface area contributed by atoms with Crippen molar-refractivity contribution in [2.24, 2.45) is 0 Å². The zero-order valence-electron chi connectivity index (χ0n) is 24.8. The number of benzene rings is 2. The van der Waals surface area contributed by atoms with E-state index in [2.05, 4.69) is 19.5 Å². The molecule has 0 aliphatic heterocycles. The molecule has 234 valence electrons. The van der Waals surface area contributed by atoms with Crippen molar-refractivity contribution in [2.45, 2.75) is 37.7 Å². The molecule has 0 radical (unpaired) electrons. The van der Waals surface area contributed by atoms with E-state index in [1.54, 1.807) is 49.7 Å². The summed E-state index contributed by atoms with van der Waals surface area (Å²) >= 11 is 0. The summed E-state index contributed by atoms with van der Waals surface area (Å²) in [6.45, 7) is 7.84. The second kappa shape index (κ2) is 13.0. The fourth-order valence-corrected chi connectivity index (χ4v) is 6.20. The van der Waals surface area contributed by atoms with Crippen molar-refractivity contribution in [1.82, 2.24) is 24.2 Å². The topological polar surface area (TPSA) is 130 Å². The van der Waals surface area contributed by atoms with Crippen LogP contribution in [0.25, 0.3) is 27.1 Å². The van der Waals surface area contributed by atoms with Gasteiger partial charge >= 0.3 is 0 Å². The van der Waals surface area contributed by atoms with Crippen LogP contribution in [0.2, 0.25) is 0 Å². The highest BCUT2D eigenvalue weighted by Crippen LogP contribution is 2.28. The number of ether oxygens (including phenoxy) is 2. The van der Waals surface area contributed by atoms with Gasteiger partial charge in [-0.1, -0.05) is 18.2 Å². The Kier molecular flexibility index (Phi) is 8.74. The Morgan fingerprint density at radius 2 is 1.96 bits per heavy atom. The first kappa shape index (κ1) is 30.8. The first-order valence-electron chi connectivity index (χ1n) is 14.5. The summed E-state index contributed by atoms with van der Waals surface area (Å²) in [5.41, 5.74) is 4.25. The van der Waals surface area contributed by atoms with Gasteiger partial charge in [0.2, 0.25) is 15.9 Å². The second-order valence-electron chi connectivity index (χ2n) is 10.8. The van der Waals surface area contributed by atoms with Gasteiger partial charge in [-0.2, -0.15) is 0 Å². The van der Waals surface area contributed by atoms with Crippen LogP contribution in [-0.2, 0) is 34.3 Å². The first-order valence-corrected chi connectivity index (χ1v) is 16.0. The largest absolute Gasteiger partial charge is 0.473 e. The van der Waals surface area contributed by atoms with Gasteiger partial charge in [0.15, 0.2) is 5.69 Å². The van der Waals surface area contributed by atoms with Crippen LogP contribution < -0.4 is 9.46 Å². The lowest BCUT2D eigenvalue weighted by atomic mass is 10.1. The van der Waals surface area contributed by atoms with Crippen molar-refractivity contribution in [3.05, 3.63) is 113 Å². The molecule has 6 rings (SSSR count). The number of imidazole rings is 1. The van der Waals surface area contributed by atoms with E-state index in [1.807, 2.05) is 22.8 Å². The SMILES string of the molecule is [C-]#[N+]c1ccc(COc2cccc(-c3ccc(Cc4nc5ccc(C(=O)NS(=O)(=O)C6CC6)cc5n4CCOC)nc3)n2)c(F)c1. The normalized spacial score (nSPS) is 13.0. The lowest BCUT2D eigenvalue weighted by Crippen LogP contribution is -2.33. The van der Waals surface area contributed by atoms with E-state index < -0.39 is 27.0 Å². The lowest BCUT2D eigenvalue weighted by molar-refractivity contribution is 0.0981. The smallest absolute Gasteiger partial charge is 0.264 e. The minimum absolute atomic E-state index is 0.0342. The Morgan fingerprint density at radius 1 is 1.11 bits per heavy atom. The van der Waals surface area contributed by atoms with Crippen molar-refractivity contribution in [3.8, 4) is 17.1 Å². The van der Waals surface area contributed by atoms with Crippen LogP contribution in [0.5, 0.6) is 5.88 Å². The summed E-state index contributed by atoms with van der Waals surface area (Å²) in [6, 6.07) is 18.2. The molecule has 0 unspecified atom stereocenters. The molecule has 3 aromatic heterocycles. The molecule has 13 heteroatoms. The third-order valence-electron chi connectivity index (χ3n) is 7.53. The average Bonchev–Trinajstić information content (AvgIpc) is 3.87. The number of nitrogens with zero attached hydrogens (tertiary/aromatic N) is 5. The number of rotatable bonds is 12. The van der Waals surface area contributed by atoms with E-state index in [4.69, 9.17) is 21.0 Å². The van der Waals surface area contributed by atoms with Crippen molar-refractivity contribution in [1.29, 1.82) is 0 Å².